The Balaban J connectivity index is 1.47. The van der Waals surface area contributed by atoms with E-state index in [-0.39, 0.29) is 18.2 Å². The number of hydrogen-bond acceptors (Lipinski definition) is 7. The molecular formula is C24H26FN7O3. The molecule has 4 atom stereocenters. The fourth-order valence-corrected chi connectivity index (χ4v) is 4.88. The topological polar surface area (TPSA) is 119 Å². The van der Waals surface area contributed by atoms with E-state index in [1.165, 1.54) is 6.20 Å². The molecule has 2 aliphatic rings. The van der Waals surface area contributed by atoms with Gasteiger partial charge in [-0.3, -0.25) is 4.79 Å². The molecule has 1 aliphatic carbocycles. The summed E-state index contributed by atoms with van der Waals surface area (Å²) in [7, 11) is 1.77. The fraction of sp³-hybridized carbons (Fsp3) is 0.417. The number of rotatable bonds is 5. The predicted molar refractivity (Wildman–Crippen MR) is 127 cm³/mol. The van der Waals surface area contributed by atoms with E-state index in [4.69, 9.17) is 9.72 Å². The van der Waals surface area contributed by atoms with Gasteiger partial charge < -0.3 is 25.0 Å². The first kappa shape index (κ1) is 21.9. The molecule has 0 aromatic carbocycles. The molecule has 1 saturated carbocycles. The van der Waals surface area contributed by atoms with Crippen LogP contribution >= 0.6 is 0 Å². The zero-order chi connectivity index (χ0) is 24.1. The summed E-state index contributed by atoms with van der Waals surface area (Å²) in [4.78, 5) is 22.3. The molecule has 0 radical (unpaired) electrons. The number of anilines is 1. The molecule has 1 saturated heterocycles. The van der Waals surface area contributed by atoms with Crippen molar-refractivity contribution in [3.63, 3.8) is 0 Å². The van der Waals surface area contributed by atoms with Gasteiger partial charge in [0.05, 0.1) is 36.7 Å². The lowest BCUT2D eigenvalue weighted by molar-refractivity contribution is -0.0375. The van der Waals surface area contributed by atoms with Gasteiger partial charge in [-0.05, 0) is 31.4 Å². The van der Waals surface area contributed by atoms with Gasteiger partial charge in [0.15, 0.2) is 5.65 Å². The normalized spacial score (nSPS) is 24.4. The number of carbonyl (C=O) groups is 1. The van der Waals surface area contributed by atoms with Crippen molar-refractivity contribution in [1.29, 1.82) is 0 Å². The minimum Gasteiger partial charge on any atom is -0.389 e. The molecule has 182 valence electrons. The number of aliphatic hydroxyl groups is 1. The average Bonchev–Trinajstić information content (AvgIpc) is 3.48. The molecule has 6 rings (SSSR count). The quantitative estimate of drug-likeness (QED) is 0.402. The molecule has 0 spiro atoms. The molecule has 1 amide bonds. The second kappa shape index (κ2) is 8.58. The molecule has 0 unspecified atom stereocenters. The van der Waals surface area contributed by atoms with Crippen LogP contribution in [-0.2, 0) is 4.74 Å². The lowest BCUT2D eigenvalue weighted by Gasteiger charge is -2.30. The lowest BCUT2D eigenvalue weighted by Crippen LogP contribution is -2.48. The van der Waals surface area contributed by atoms with Gasteiger partial charge in [-0.15, -0.1) is 0 Å². The summed E-state index contributed by atoms with van der Waals surface area (Å²) in [5.74, 6) is 0.250. The highest BCUT2D eigenvalue weighted by Crippen LogP contribution is 2.35. The Labute approximate surface area is 200 Å². The number of amides is 1. The van der Waals surface area contributed by atoms with E-state index < -0.39 is 24.2 Å². The smallest absolute Gasteiger partial charge is 0.257 e. The Kier molecular flexibility index (Phi) is 5.37. The van der Waals surface area contributed by atoms with Gasteiger partial charge in [0.2, 0.25) is 0 Å². The van der Waals surface area contributed by atoms with E-state index in [1.807, 2.05) is 29.0 Å². The van der Waals surface area contributed by atoms with Crippen LogP contribution in [0.4, 0.5) is 10.2 Å². The van der Waals surface area contributed by atoms with Crippen molar-refractivity contribution in [2.24, 2.45) is 0 Å². The first-order valence-electron chi connectivity index (χ1n) is 11.8. The number of ether oxygens (including phenoxy) is 1. The maximum atomic E-state index is 13.7. The molecule has 1 aliphatic heterocycles. The van der Waals surface area contributed by atoms with E-state index in [0.29, 0.717) is 43.0 Å². The maximum absolute atomic E-state index is 13.7. The Morgan fingerprint density at radius 3 is 2.91 bits per heavy atom. The van der Waals surface area contributed by atoms with Crippen LogP contribution in [0.1, 0.15) is 35.7 Å². The second-order valence-corrected chi connectivity index (χ2v) is 9.07. The summed E-state index contributed by atoms with van der Waals surface area (Å²) < 4.78 is 22.7. The summed E-state index contributed by atoms with van der Waals surface area (Å²) in [6.45, 7) is 0.836. The largest absolute Gasteiger partial charge is 0.389 e. The number of aliphatic hydroxyl groups excluding tert-OH is 1. The first-order chi connectivity index (χ1) is 17.0. The molecule has 5 heterocycles. The average molecular weight is 480 g/mol. The number of fused-ring (bicyclic) bond motifs is 2. The van der Waals surface area contributed by atoms with Crippen LogP contribution < -0.4 is 10.6 Å². The van der Waals surface area contributed by atoms with E-state index in [0.717, 1.165) is 16.6 Å². The number of nitrogens with zero attached hydrogens (tertiary/aromatic N) is 5. The standard InChI is InChI=1S/C24H26FN7O3/c1-26-21-9-18(29-23-14(10-28-32(21)23)24(34)30-17-5-4-16(17)25)15-11-31(19-6-8-35-12-20(19)33)22-13(15)3-2-7-27-22/h2-3,7,9-11,16-17,19-20,26,33H,4-6,8,12H2,1H3,(H,30,34)/t16-,17-,19-,20-/m1/s1. The molecule has 10 nitrogen and oxygen atoms in total. The van der Waals surface area contributed by atoms with E-state index >= 15 is 0 Å². The van der Waals surface area contributed by atoms with Crippen molar-refractivity contribution in [2.45, 2.75) is 43.6 Å². The SMILES string of the molecule is CNc1cc(-c2cn([C@@H]3CCOC[C@H]3O)c3ncccc23)nc2c(C(=O)N[C@@H]3CC[C@H]3F)cnn12. The van der Waals surface area contributed by atoms with Crippen LogP contribution in [0, 0.1) is 0 Å². The van der Waals surface area contributed by atoms with Gasteiger partial charge in [-0.25, -0.2) is 14.4 Å². The molecule has 3 N–H and O–H groups in total. The van der Waals surface area contributed by atoms with Gasteiger partial charge in [0, 0.05) is 43.1 Å². The van der Waals surface area contributed by atoms with Crippen molar-refractivity contribution >= 4 is 28.4 Å². The van der Waals surface area contributed by atoms with Gasteiger partial charge in [0.25, 0.3) is 5.91 Å². The molecule has 11 heteroatoms. The molecule has 35 heavy (non-hydrogen) atoms. The van der Waals surface area contributed by atoms with Gasteiger partial charge in [-0.1, -0.05) is 0 Å². The van der Waals surface area contributed by atoms with Crippen LogP contribution in [0.5, 0.6) is 0 Å². The van der Waals surface area contributed by atoms with E-state index in [9.17, 15) is 14.3 Å². The van der Waals surface area contributed by atoms with Crippen molar-refractivity contribution in [2.75, 3.05) is 25.6 Å². The highest BCUT2D eigenvalue weighted by Gasteiger charge is 2.33. The third kappa shape index (κ3) is 3.62. The Bertz CT molecular complexity index is 1420. The zero-order valence-electron chi connectivity index (χ0n) is 19.2. The lowest BCUT2D eigenvalue weighted by atomic mass is 9.90. The number of carbonyl (C=O) groups excluding carboxylic acids is 1. The van der Waals surface area contributed by atoms with Crippen LogP contribution in [0.25, 0.3) is 27.9 Å². The first-order valence-corrected chi connectivity index (χ1v) is 11.8. The Hall–Kier alpha value is -3.57. The number of aromatic nitrogens is 5. The minimum absolute atomic E-state index is 0.171. The summed E-state index contributed by atoms with van der Waals surface area (Å²) in [6.07, 6.45) is 5.22. The summed E-state index contributed by atoms with van der Waals surface area (Å²) in [5, 5.41) is 21.7. The number of halogens is 1. The summed E-state index contributed by atoms with van der Waals surface area (Å²) in [6, 6.07) is 5.04. The van der Waals surface area contributed by atoms with Crippen LogP contribution in [0.3, 0.4) is 0 Å². The van der Waals surface area contributed by atoms with Crippen molar-refractivity contribution < 1.29 is 19.0 Å². The maximum Gasteiger partial charge on any atom is 0.257 e. The molecule has 2 fully saturated rings. The third-order valence-electron chi connectivity index (χ3n) is 6.99. The number of alkyl halides is 1. The molecule has 4 aromatic heterocycles. The van der Waals surface area contributed by atoms with Crippen LogP contribution in [0.15, 0.2) is 36.8 Å². The third-order valence-corrected chi connectivity index (χ3v) is 6.99. The second-order valence-electron chi connectivity index (χ2n) is 9.07. The van der Waals surface area contributed by atoms with Gasteiger partial charge >= 0.3 is 0 Å². The number of hydrogen-bond donors (Lipinski definition) is 3. The zero-order valence-corrected chi connectivity index (χ0v) is 19.2. The molecule has 4 aromatic rings. The summed E-state index contributed by atoms with van der Waals surface area (Å²) >= 11 is 0. The van der Waals surface area contributed by atoms with Gasteiger partial charge in [0.1, 0.15) is 23.2 Å². The Morgan fingerprint density at radius 1 is 1.29 bits per heavy atom. The van der Waals surface area contributed by atoms with Gasteiger partial charge in [-0.2, -0.15) is 9.61 Å². The number of nitrogens with one attached hydrogen (secondary N) is 2. The monoisotopic (exact) mass is 479 g/mol. The predicted octanol–water partition coefficient (Wildman–Crippen LogP) is 2.34. The minimum atomic E-state index is -1.02. The highest BCUT2D eigenvalue weighted by atomic mass is 19.1. The van der Waals surface area contributed by atoms with E-state index in [2.05, 4.69) is 20.7 Å². The van der Waals surface area contributed by atoms with Crippen LogP contribution in [-0.4, -0.2) is 73.7 Å². The van der Waals surface area contributed by atoms with E-state index in [1.54, 1.807) is 17.8 Å². The molecular weight excluding hydrogens is 453 g/mol. The Morgan fingerprint density at radius 2 is 2.17 bits per heavy atom. The highest BCUT2D eigenvalue weighted by molar-refractivity contribution is 6.01. The van der Waals surface area contributed by atoms with Crippen molar-refractivity contribution in [3.8, 4) is 11.3 Å². The fourth-order valence-electron chi connectivity index (χ4n) is 4.88. The van der Waals surface area contributed by atoms with Crippen LogP contribution in [0.2, 0.25) is 0 Å². The summed E-state index contributed by atoms with van der Waals surface area (Å²) in [5.41, 5.74) is 2.84. The van der Waals surface area contributed by atoms with Crippen molar-refractivity contribution in [1.82, 2.24) is 29.5 Å². The number of pyridine rings is 1. The molecule has 0 bridgehead atoms. The van der Waals surface area contributed by atoms with Crippen molar-refractivity contribution in [3.05, 3.63) is 42.4 Å².